The van der Waals surface area contributed by atoms with Crippen LogP contribution in [-0.4, -0.2) is 48.7 Å². The summed E-state index contributed by atoms with van der Waals surface area (Å²) in [6.45, 7) is 2.72. The van der Waals surface area contributed by atoms with Gasteiger partial charge in [0, 0.05) is 76.6 Å². The molecule has 38 heavy (non-hydrogen) atoms. The Kier molecular flexibility index (Phi) is 7.01. The van der Waals surface area contributed by atoms with Crippen LogP contribution in [0, 0.1) is 0 Å². The molecule has 1 unspecified atom stereocenters. The fraction of sp³-hybridized carbons (Fsp3) is 0.250. The molecule has 10 heteroatoms. The van der Waals surface area contributed by atoms with Crippen molar-refractivity contribution in [3.8, 4) is 0 Å². The molecule has 0 spiro atoms. The molecule has 6 rings (SSSR count). The van der Waals surface area contributed by atoms with Gasteiger partial charge in [0.2, 0.25) is 11.5 Å². The molecule has 1 atom stereocenters. The standard InChI is InChI=1S/C28H28N6O2S2/c1-33(2)28-30-10-8-19(32-28)16-31-18-6-7-23-25(14-18)37-24-5-3-4-21(27(24)38-23)22-17-34(12-13-36-22)20-9-11-29-26(35)15-20/h3-11,14-15,22,31H,12-13,16-17H2,1-2H3,(H,29,35). The van der Waals surface area contributed by atoms with E-state index in [2.05, 4.69) is 61.6 Å². The smallest absolute Gasteiger partial charge is 0.249 e. The summed E-state index contributed by atoms with van der Waals surface area (Å²) in [6, 6.07) is 18.5. The molecule has 2 aliphatic heterocycles. The van der Waals surface area contributed by atoms with Crippen molar-refractivity contribution < 1.29 is 4.74 Å². The average molecular weight is 545 g/mol. The molecule has 2 aliphatic rings. The predicted octanol–water partition coefficient (Wildman–Crippen LogP) is 5.04. The topological polar surface area (TPSA) is 86.4 Å². The number of nitrogens with one attached hydrogen (secondary N) is 2. The maximum atomic E-state index is 11.8. The quantitative estimate of drug-likeness (QED) is 0.305. The lowest BCUT2D eigenvalue weighted by molar-refractivity contribution is 0.0379. The molecule has 1 saturated heterocycles. The Labute approximate surface area is 229 Å². The van der Waals surface area contributed by atoms with Crippen molar-refractivity contribution in [1.29, 1.82) is 0 Å². The Morgan fingerprint density at radius 2 is 2.03 bits per heavy atom. The average Bonchev–Trinajstić information content (AvgIpc) is 2.95. The van der Waals surface area contributed by atoms with Crippen molar-refractivity contribution in [2.45, 2.75) is 32.2 Å². The number of fused-ring (bicyclic) bond motifs is 2. The van der Waals surface area contributed by atoms with Gasteiger partial charge in [-0.25, -0.2) is 9.97 Å². The number of pyridine rings is 1. The maximum absolute atomic E-state index is 11.8. The second kappa shape index (κ2) is 10.7. The Balaban J connectivity index is 1.18. The number of H-pyrrole nitrogens is 1. The molecule has 1 fully saturated rings. The number of ether oxygens (including phenoxy) is 1. The fourth-order valence-corrected chi connectivity index (χ4v) is 7.03. The molecule has 2 aromatic heterocycles. The van der Waals surface area contributed by atoms with Crippen LogP contribution < -0.4 is 20.7 Å². The second-order valence-electron chi connectivity index (χ2n) is 9.35. The van der Waals surface area contributed by atoms with Crippen molar-refractivity contribution in [1.82, 2.24) is 15.0 Å². The summed E-state index contributed by atoms with van der Waals surface area (Å²) < 4.78 is 6.24. The number of rotatable bonds is 6. The van der Waals surface area contributed by atoms with E-state index in [0.29, 0.717) is 25.6 Å². The normalized spacial score (nSPS) is 16.5. The van der Waals surface area contributed by atoms with Crippen LogP contribution in [0.15, 0.2) is 91.4 Å². The monoisotopic (exact) mass is 544 g/mol. The molecule has 0 saturated carbocycles. The van der Waals surface area contributed by atoms with Gasteiger partial charge in [-0.05, 0) is 42.0 Å². The van der Waals surface area contributed by atoms with Crippen LogP contribution in [-0.2, 0) is 11.3 Å². The van der Waals surface area contributed by atoms with Crippen LogP contribution in [0.4, 0.5) is 17.3 Å². The highest BCUT2D eigenvalue weighted by Crippen LogP contribution is 2.51. The van der Waals surface area contributed by atoms with Gasteiger partial charge in [0.25, 0.3) is 0 Å². The Morgan fingerprint density at radius 3 is 2.89 bits per heavy atom. The van der Waals surface area contributed by atoms with E-state index >= 15 is 0 Å². The first-order valence-electron chi connectivity index (χ1n) is 12.4. The number of aromatic nitrogens is 3. The molecule has 4 heterocycles. The number of benzene rings is 2. The minimum absolute atomic E-state index is 0.0616. The van der Waals surface area contributed by atoms with Crippen molar-refractivity contribution in [2.24, 2.45) is 0 Å². The Morgan fingerprint density at radius 1 is 1.11 bits per heavy atom. The van der Waals surface area contributed by atoms with Crippen LogP contribution in [0.3, 0.4) is 0 Å². The molecule has 0 amide bonds. The molecule has 8 nitrogen and oxygen atoms in total. The molecule has 0 bridgehead atoms. The third-order valence-electron chi connectivity index (χ3n) is 6.50. The van der Waals surface area contributed by atoms with E-state index in [1.807, 2.05) is 31.1 Å². The SMILES string of the molecule is CN(C)c1nccc(CNc2ccc3c(c2)Sc2cccc(C4CN(c5cc[nH]c(=O)c5)CCO4)c2S3)n1. The van der Waals surface area contributed by atoms with Gasteiger partial charge in [-0.15, -0.1) is 0 Å². The Hall–Kier alpha value is -3.47. The largest absolute Gasteiger partial charge is 0.379 e. The van der Waals surface area contributed by atoms with Crippen LogP contribution in [0.5, 0.6) is 0 Å². The molecular weight excluding hydrogens is 516 g/mol. The van der Waals surface area contributed by atoms with Crippen molar-refractivity contribution in [3.63, 3.8) is 0 Å². The van der Waals surface area contributed by atoms with Crippen molar-refractivity contribution >= 4 is 40.8 Å². The van der Waals surface area contributed by atoms with Gasteiger partial charge in [0.05, 0.1) is 18.8 Å². The summed E-state index contributed by atoms with van der Waals surface area (Å²) >= 11 is 3.60. The summed E-state index contributed by atoms with van der Waals surface area (Å²) in [5.74, 6) is 0.705. The van der Waals surface area contributed by atoms with E-state index in [4.69, 9.17) is 4.74 Å². The molecule has 2 aromatic carbocycles. The van der Waals surface area contributed by atoms with Crippen LogP contribution >= 0.6 is 23.5 Å². The Bertz CT molecular complexity index is 1530. The first kappa shape index (κ1) is 24.8. The maximum Gasteiger partial charge on any atom is 0.249 e. The third-order valence-corrected chi connectivity index (χ3v) is 9.11. The van der Waals surface area contributed by atoms with Crippen LogP contribution in [0.1, 0.15) is 17.4 Å². The predicted molar refractivity (Wildman–Crippen MR) is 153 cm³/mol. The molecular formula is C28H28N6O2S2. The summed E-state index contributed by atoms with van der Waals surface area (Å²) in [6.07, 6.45) is 3.43. The zero-order valence-electron chi connectivity index (χ0n) is 21.2. The van der Waals surface area contributed by atoms with Gasteiger partial charge in [-0.1, -0.05) is 35.7 Å². The molecule has 0 aliphatic carbocycles. The molecule has 4 aromatic rings. The minimum atomic E-state index is -0.0876. The number of morpholine rings is 1. The zero-order valence-corrected chi connectivity index (χ0v) is 22.8. The first-order chi connectivity index (χ1) is 18.5. The van der Waals surface area contributed by atoms with Crippen molar-refractivity contribution in [3.05, 3.63) is 88.6 Å². The fourth-order valence-electron chi connectivity index (χ4n) is 4.58. The highest BCUT2D eigenvalue weighted by Gasteiger charge is 2.28. The number of anilines is 3. The van der Waals surface area contributed by atoms with E-state index in [9.17, 15) is 4.79 Å². The first-order valence-corrected chi connectivity index (χ1v) is 14.1. The summed E-state index contributed by atoms with van der Waals surface area (Å²) in [4.78, 5) is 32.5. The lowest BCUT2D eigenvalue weighted by Gasteiger charge is -2.36. The number of aromatic amines is 1. The number of hydrogen-bond donors (Lipinski definition) is 2. The lowest BCUT2D eigenvalue weighted by Crippen LogP contribution is -2.39. The van der Waals surface area contributed by atoms with Crippen LogP contribution in [0.2, 0.25) is 0 Å². The summed E-state index contributed by atoms with van der Waals surface area (Å²) in [7, 11) is 3.88. The van der Waals surface area contributed by atoms with E-state index in [0.717, 1.165) is 23.6 Å². The van der Waals surface area contributed by atoms with Crippen molar-refractivity contribution in [2.75, 3.05) is 48.9 Å². The van der Waals surface area contributed by atoms with E-state index < -0.39 is 0 Å². The van der Waals surface area contributed by atoms with Gasteiger partial charge in [-0.2, -0.15) is 0 Å². The molecule has 2 N–H and O–H groups in total. The lowest BCUT2D eigenvalue weighted by atomic mass is 10.1. The molecule has 0 radical (unpaired) electrons. The van der Waals surface area contributed by atoms with Gasteiger partial charge < -0.3 is 24.8 Å². The van der Waals surface area contributed by atoms with Crippen LogP contribution in [0.25, 0.3) is 0 Å². The van der Waals surface area contributed by atoms with E-state index in [-0.39, 0.29) is 11.7 Å². The highest BCUT2D eigenvalue weighted by atomic mass is 32.2. The number of hydrogen-bond acceptors (Lipinski definition) is 9. The third kappa shape index (κ3) is 5.24. The van der Waals surface area contributed by atoms with Gasteiger partial charge in [-0.3, -0.25) is 4.79 Å². The zero-order chi connectivity index (χ0) is 26.1. The second-order valence-corrected chi connectivity index (χ2v) is 11.5. The number of nitrogens with zero attached hydrogens (tertiary/aromatic N) is 4. The molecule has 194 valence electrons. The van der Waals surface area contributed by atoms with E-state index in [1.54, 1.807) is 42.0 Å². The highest BCUT2D eigenvalue weighted by molar-refractivity contribution is 8.05. The summed E-state index contributed by atoms with van der Waals surface area (Å²) in [5.41, 5.74) is 4.04. The van der Waals surface area contributed by atoms with Gasteiger partial charge in [0.15, 0.2) is 0 Å². The van der Waals surface area contributed by atoms with Gasteiger partial charge >= 0.3 is 0 Å². The van der Waals surface area contributed by atoms with E-state index in [1.165, 1.54) is 25.1 Å². The summed E-state index contributed by atoms with van der Waals surface area (Å²) in [5, 5.41) is 3.51. The minimum Gasteiger partial charge on any atom is -0.379 e. The van der Waals surface area contributed by atoms with Gasteiger partial charge in [0.1, 0.15) is 6.10 Å².